The van der Waals surface area contributed by atoms with Crippen molar-refractivity contribution in [2.45, 2.75) is 18.3 Å². The molecule has 12 aromatic rings. The summed E-state index contributed by atoms with van der Waals surface area (Å²) in [6.07, 6.45) is 5.66. The highest BCUT2D eigenvalue weighted by molar-refractivity contribution is 7.93. The van der Waals surface area contributed by atoms with Crippen molar-refractivity contribution in [2.24, 2.45) is 21.1 Å². The first-order valence-corrected chi connectivity index (χ1v) is 28.5. The molecule has 0 saturated heterocycles. The lowest BCUT2D eigenvalue weighted by molar-refractivity contribution is -0.124. The average Bonchev–Trinajstić information content (AvgIpc) is 1.69. The number of benzene rings is 6. The molecule has 1 unspecified atom stereocenters. The first-order valence-electron chi connectivity index (χ1n) is 27.4. The van der Waals surface area contributed by atoms with E-state index in [1.165, 1.54) is 116 Å². The maximum Gasteiger partial charge on any atom is 0.257 e. The summed E-state index contributed by atoms with van der Waals surface area (Å²) < 4.78 is 99.9. The van der Waals surface area contributed by atoms with Gasteiger partial charge in [0.25, 0.3) is 17.7 Å². The molecule has 0 fully saturated rings. The number of carbonyl (C=O) groups excluding carboxylic acids is 3. The molecule has 0 aliphatic carbocycles. The van der Waals surface area contributed by atoms with Crippen LogP contribution < -0.4 is 33.2 Å². The third-order valence-corrected chi connectivity index (χ3v) is 14.2. The third kappa shape index (κ3) is 14.8. The first-order chi connectivity index (χ1) is 44.5. The predicted octanol–water partition coefficient (Wildman–Crippen LogP) is 10.7. The van der Waals surface area contributed by atoms with Gasteiger partial charge in [0, 0.05) is 109 Å². The second-order valence-electron chi connectivity index (χ2n) is 20.4. The van der Waals surface area contributed by atoms with Crippen molar-refractivity contribution < 1.29 is 59.9 Å². The summed E-state index contributed by atoms with van der Waals surface area (Å²) in [6, 6.07) is 27.5. The molecule has 6 aromatic heterocycles. The SMILES string of the molecule is CSF.Cn1cc(-c2ccc(NC(=O)C(O)c3cccc(F)c3)cc2F)c2c(N)ncnc21.Cn1cc(-c2ccc(NC(=O)[C@@H](O)c3cccc(F)c3)cc2F)c2c(N)ncnc21.Cn1cc(-c2ccc(NC(=O)[C@H](O)c3cccc(F)c3)cc2F)c2c(N)ncnc21. The minimum absolute atomic E-state index is 0.0934. The van der Waals surface area contributed by atoms with Gasteiger partial charge in [0.05, 0.1) is 16.2 Å². The summed E-state index contributed by atoms with van der Waals surface area (Å²) in [4.78, 5) is 61.2. The Morgan fingerprint density at radius 3 is 0.914 bits per heavy atom. The van der Waals surface area contributed by atoms with Gasteiger partial charge in [-0.05, 0) is 108 Å². The summed E-state index contributed by atoms with van der Waals surface area (Å²) in [5.41, 5.74) is 22.6. The molecular formula is C64H54F7N15O6S. The van der Waals surface area contributed by atoms with Crippen molar-refractivity contribution in [3.8, 4) is 33.4 Å². The van der Waals surface area contributed by atoms with Crippen molar-refractivity contribution >= 4 is 97.5 Å². The largest absolute Gasteiger partial charge is 0.383 e. The Balaban J connectivity index is 0.000000161. The van der Waals surface area contributed by atoms with Gasteiger partial charge in [-0.1, -0.05) is 36.4 Å². The van der Waals surface area contributed by atoms with Crippen LogP contribution in [0.25, 0.3) is 66.5 Å². The van der Waals surface area contributed by atoms with E-state index in [0.29, 0.717) is 49.8 Å². The van der Waals surface area contributed by atoms with E-state index in [-0.39, 0.29) is 80.0 Å². The molecule has 6 aromatic carbocycles. The number of nitrogen functional groups attached to an aromatic ring is 3. The molecule has 12 rings (SSSR count). The number of amides is 3. The van der Waals surface area contributed by atoms with Crippen LogP contribution in [-0.4, -0.2) is 82.9 Å². The van der Waals surface area contributed by atoms with Crippen LogP contribution in [0.5, 0.6) is 0 Å². The maximum absolute atomic E-state index is 14.9. The normalized spacial score (nSPS) is 11.9. The second kappa shape index (κ2) is 28.7. The molecule has 0 radical (unpaired) electrons. The number of rotatable bonds is 12. The highest BCUT2D eigenvalue weighted by Gasteiger charge is 2.25. The fourth-order valence-electron chi connectivity index (χ4n) is 9.87. The van der Waals surface area contributed by atoms with E-state index in [1.807, 2.05) is 0 Å². The van der Waals surface area contributed by atoms with Crippen molar-refractivity contribution in [3.63, 3.8) is 0 Å². The van der Waals surface area contributed by atoms with Gasteiger partial charge in [-0.15, -0.1) is 0 Å². The average molecular weight is 1290 g/mol. The van der Waals surface area contributed by atoms with E-state index in [4.69, 9.17) is 17.2 Å². The van der Waals surface area contributed by atoms with Crippen LogP contribution >= 0.6 is 12.1 Å². The van der Waals surface area contributed by atoms with E-state index in [0.717, 1.165) is 36.4 Å². The zero-order chi connectivity index (χ0) is 66.9. The molecule has 6 heterocycles. The minimum atomic E-state index is -1.60. The zero-order valence-corrected chi connectivity index (χ0v) is 50.0. The second-order valence-corrected chi connectivity index (χ2v) is 20.7. The van der Waals surface area contributed by atoms with Crippen LogP contribution in [0.1, 0.15) is 35.0 Å². The first kappa shape index (κ1) is 66.2. The van der Waals surface area contributed by atoms with Crippen molar-refractivity contribution in [1.82, 2.24) is 43.6 Å². The van der Waals surface area contributed by atoms with Crippen molar-refractivity contribution in [1.29, 1.82) is 0 Å². The van der Waals surface area contributed by atoms with Gasteiger partial charge in [-0.3, -0.25) is 14.4 Å². The number of fused-ring (bicyclic) bond motifs is 3. The number of nitrogens with zero attached hydrogens (tertiary/aromatic N) is 9. The van der Waals surface area contributed by atoms with Gasteiger partial charge in [-0.2, -0.15) is 3.89 Å². The van der Waals surface area contributed by atoms with Gasteiger partial charge < -0.3 is 62.2 Å². The Morgan fingerprint density at radius 1 is 0.419 bits per heavy atom. The molecule has 0 saturated carbocycles. The van der Waals surface area contributed by atoms with Crippen LogP contribution in [0.15, 0.2) is 165 Å². The molecule has 0 bridgehead atoms. The number of hydrogen-bond donors (Lipinski definition) is 9. The lowest BCUT2D eigenvalue weighted by Crippen LogP contribution is -2.21. The Kier molecular flexibility index (Phi) is 20.4. The predicted molar refractivity (Wildman–Crippen MR) is 340 cm³/mol. The molecule has 21 nitrogen and oxygen atoms in total. The molecule has 93 heavy (non-hydrogen) atoms. The van der Waals surface area contributed by atoms with Crippen molar-refractivity contribution in [3.05, 3.63) is 217 Å². The van der Waals surface area contributed by atoms with Crippen LogP contribution in [0.4, 0.5) is 64.7 Å². The van der Waals surface area contributed by atoms with Gasteiger partial charge in [-0.25, -0.2) is 56.2 Å². The number of aromatic nitrogens is 9. The number of carbonyl (C=O) groups is 3. The summed E-state index contributed by atoms with van der Waals surface area (Å²) in [5.74, 6) is -5.30. The van der Waals surface area contributed by atoms with E-state index < -0.39 is 70.9 Å². The van der Waals surface area contributed by atoms with Crippen LogP contribution in [0.3, 0.4) is 0 Å². The van der Waals surface area contributed by atoms with Crippen LogP contribution in [0, 0.1) is 34.9 Å². The molecule has 0 aliphatic heterocycles. The Bertz CT molecular complexity index is 4320. The van der Waals surface area contributed by atoms with Gasteiger partial charge in [0.2, 0.25) is 0 Å². The minimum Gasteiger partial charge on any atom is -0.383 e. The molecular weight excluding hydrogens is 1240 g/mol. The Hall–Kier alpha value is -11.3. The number of nitrogens with one attached hydrogen (secondary N) is 3. The maximum atomic E-state index is 14.9. The van der Waals surface area contributed by atoms with Crippen molar-refractivity contribution in [2.75, 3.05) is 39.4 Å². The number of nitrogens with two attached hydrogens (primary N) is 3. The monoisotopic (exact) mass is 1290 g/mol. The van der Waals surface area contributed by atoms with E-state index >= 15 is 0 Å². The summed E-state index contributed by atoms with van der Waals surface area (Å²) in [6.45, 7) is 0. The quantitative estimate of drug-likeness (QED) is 0.0513. The zero-order valence-electron chi connectivity index (χ0n) is 49.2. The lowest BCUT2D eigenvalue weighted by Gasteiger charge is -2.13. The van der Waals surface area contributed by atoms with Crippen LogP contribution in [-0.2, 0) is 35.5 Å². The molecule has 0 spiro atoms. The molecule has 3 atom stereocenters. The Labute approximate surface area is 527 Å². The van der Waals surface area contributed by atoms with Gasteiger partial charge in [0.1, 0.15) is 88.3 Å². The van der Waals surface area contributed by atoms with E-state index in [9.17, 15) is 59.9 Å². The third-order valence-electron chi connectivity index (χ3n) is 14.2. The number of aryl methyl sites for hydroxylation is 3. The molecule has 476 valence electrons. The lowest BCUT2D eigenvalue weighted by atomic mass is 10.0. The summed E-state index contributed by atoms with van der Waals surface area (Å²) in [5, 5.41) is 39.2. The smallest absolute Gasteiger partial charge is 0.257 e. The van der Waals surface area contributed by atoms with Gasteiger partial charge in [0.15, 0.2) is 18.3 Å². The number of halogens is 7. The topological polar surface area (TPSA) is 318 Å². The molecule has 0 aliphatic rings. The number of anilines is 6. The number of aliphatic hydroxyl groups excluding tert-OH is 3. The van der Waals surface area contributed by atoms with Crippen LogP contribution in [0.2, 0.25) is 0 Å². The fraction of sp³-hybridized carbons (Fsp3) is 0.109. The highest BCUT2D eigenvalue weighted by atomic mass is 32.2. The van der Waals surface area contributed by atoms with E-state index in [2.05, 4.69) is 45.9 Å². The van der Waals surface area contributed by atoms with Gasteiger partial charge >= 0.3 is 0 Å². The summed E-state index contributed by atoms with van der Waals surface area (Å²) >= 11 is 0.250. The fourth-order valence-corrected chi connectivity index (χ4v) is 9.87. The Morgan fingerprint density at radius 2 is 0.677 bits per heavy atom. The molecule has 3 amide bonds. The molecule has 29 heteroatoms. The highest BCUT2D eigenvalue weighted by Crippen LogP contribution is 2.38. The number of hydrogen-bond acceptors (Lipinski definition) is 16. The van der Waals surface area contributed by atoms with E-state index in [1.54, 1.807) is 53.4 Å². The standard InChI is InChI=1S/3C21H17F2N5O2.CH3FS/c3*1-28-9-15(17-19(24)25-10-26-20(17)28)14-6-5-13(8-16(14)23)27-21(30)18(29)11-3-2-4-12(22)7-11;1-3-2/h3*2-10,18,29H,1H3,(H,27,30)(H2,24,25,26);1H3/t2*18-;;/m10../s1. The molecule has 12 N–H and O–H groups in total. The summed E-state index contributed by atoms with van der Waals surface area (Å²) in [7, 11) is 5.29. The number of aliphatic hydroxyl groups is 3.